The molecule has 0 spiro atoms. The molecule has 5 heteroatoms. The molecule has 4 N–H and O–H groups in total. The lowest BCUT2D eigenvalue weighted by Gasteiger charge is -2.21. The predicted octanol–water partition coefficient (Wildman–Crippen LogP) is -0.0173. The third-order valence-corrected chi connectivity index (χ3v) is 2.53. The monoisotopic (exact) mass is 200 g/mol. The number of rotatable bonds is 3. The van der Waals surface area contributed by atoms with Crippen molar-refractivity contribution in [2.24, 2.45) is 10.8 Å². The van der Waals surface area contributed by atoms with Crippen molar-refractivity contribution < 1.29 is 4.74 Å². The van der Waals surface area contributed by atoms with Crippen LogP contribution in [0.2, 0.25) is 0 Å². The van der Waals surface area contributed by atoms with Gasteiger partial charge in [-0.1, -0.05) is 0 Å². The van der Waals surface area contributed by atoms with Crippen molar-refractivity contribution >= 4 is 5.96 Å². The van der Waals surface area contributed by atoms with E-state index in [-0.39, 0.29) is 6.10 Å². The van der Waals surface area contributed by atoms with Crippen LogP contribution in [0.15, 0.2) is 4.99 Å². The summed E-state index contributed by atoms with van der Waals surface area (Å²) in [5.74, 6) is 5.99. The Bertz CT molecular complexity index is 195. The van der Waals surface area contributed by atoms with Crippen LogP contribution in [0, 0.1) is 0 Å². The van der Waals surface area contributed by atoms with Crippen molar-refractivity contribution in [2.75, 3.05) is 13.7 Å². The SMILES string of the molecule is CCN=C(NN)NC1CCCC1OC. The van der Waals surface area contributed by atoms with Crippen LogP contribution < -0.4 is 16.6 Å². The van der Waals surface area contributed by atoms with Crippen LogP contribution in [0.5, 0.6) is 0 Å². The summed E-state index contributed by atoms with van der Waals surface area (Å²) in [6.45, 7) is 2.69. The van der Waals surface area contributed by atoms with Gasteiger partial charge in [-0.2, -0.15) is 0 Å². The molecule has 0 aliphatic heterocycles. The minimum atomic E-state index is 0.283. The average Bonchev–Trinajstić information content (AvgIpc) is 2.64. The Morgan fingerprint density at radius 2 is 2.36 bits per heavy atom. The molecular weight excluding hydrogens is 180 g/mol. The second kappa shape index (κ2) is 5.82. The lowest BCUT2D eigenvalue weighted by atomic mass is 10.2. The van der Waals surface area contributed by atoms with Crippen molar-refractivity contribution in [1.29, 1.82) is 0 Å². The van der Waals surface area contributed by atoms with Gasteiger partial charge in [-0.15, -0.1) is 0 Å². The fraction of sp³-hybridized carbons (Fsp3) is 0.889. The van der Waals surface area contributed by atoms with Crippen LogP contribution in [-0.4, -0.2) is 31.8 Å². The summed E-state index contributed by atoms with van der Waals surface area (Å²) < 4.78 is 5.36. The highest BCUT2D eigenvalue weighted by Crippen LogP contribution is 2.21. The second-order valence-electron chi connectivity index (χ2n) is 3.42. The van der Waals surface area contributed by atoms with Crippen LogP contribution in [0.3, 0.4) is 0 Å². The molecule has 5 nitrogen and oxygen atoms in total. The Balaban J connectivity index is 2.45. The van der Waals surface area contributed by atoms with Gasteiger partial charge in [-0.25, -0.2) is 5.84 Å². The summed E-state index contributed by atoms with van der Waals surface area (Å²) >= 11 is 0. The van der Waals surface area contributed by atoms with Gasteiger partial charge in [0, 0.05) is 13.7 Å². The fourth-order valence-electron chi connectivity index (χ4n) is 1.84. The molecular formula is C9H20N4O. The number of hydrazine groups is 1. The number of ether oxygens (including phenoxy) is 1. The van der Waals surface area contributed by atoms with Gasteiger partial charge in [-0.05, 0) is 26.2 Å². The summed E-state index contributed by atoms with van der Waals surface area (Å²) in [4.78, 5) is 4.19. The summed E-state index contributed by atoms with van der Waals surface area (Å²) in [6, 6.07) is 0.335. The third kappa shape index (κ3) is 2.85. The van der Waals surface area contributed by atoms with Crippen LogP contribution in [0.1, 0.15) is 26.2 Å². The molecule has 1 fully saturated rings. The Kier molecular flexibility index (Phi) is 4.69. The van der Waals surface area contributed by atoms with Crippen molar-refractivity contribution in [1.82, 2.24) is 10.7 Å². The zero-order valence-corrected chi connectivity index (χ0v) is 8.92. The largest absolute Gasteiger partial charge is 0.379 e. The summed E-state index contributed by atoms with van der Waals surface area (Å²) in [5.41, 5.74) is 2.56. The molecule has 1 saturated carbocycles. The van der Waals surface area contributed by atoms with Gasteiger partial charge >= 0.3 is 0 Å². The van der Waals surface area contributed by atoms with Crippen molar-refractivity contribution in [3.05, 3.63) is 0 Å². The quantitative estimate of drug-likeness (QED) is 0.259. The number of nitrogens with zero attached hydrogens (tertiary/aromatic N) is 1. The number of aliphatic imine (C=N–C) groups is 1. The van der Waals surface area contributed by atoms with Crippen LogP contribution >= 0.6 is 0 Å². The van der Waals surface area contributed by atoms with E-state index in [1.165, 1.54) is 6.42 Å². The summed E-state index contributed by atoms with van der Waals surface area (Å²) in [6.07, 6.45) is 3.70. The van der Waals surface area contributed by atoms with Crippen molar-refractivity contribution in [3.8, 4) is 0 Å². The van der Waals surface area contributed by atoms with Crippen molar-refractivity contribution in [2.45, 2.75) is 38.3 Å². The van der Waals surface area contributed by atoms with Crippen LogP contribution in [-0.2, 0) is 4.74 Å². The Morgan fingerprint density at radius 1 is 1.57 bits per heavy atom. The molecule has 0 aromatic heterocycles. The van der Waals surface area contributed by atoms with Gasteiger partial charge in [-0.3, -0.25) is 10.4 Å². The maximum absolute atomic E-state index is 5.36. The van der Waals surface area contributed by atoms with Crippen LogP contribution in [0.25, 0.3) is 0 Å². The second-order valence-corrected chi connectivity index (χ2v) is 3.42. The predicted molar refractivity (Wildman–Crippen MR) is 56.9 cm³/mol. The molecule has 1 aliphatic carbocycles. The van der Waals surface area contributed by atoms with E-state index in [2.05, 4.69) is 15.7 Å². The number of methoxy groups -OCH3 is 1. The zero-order valence-electron chi connectivity index (χ0n) is 8.92. The molecule has 1 rings (SSSR count). The first-order valence-electron chi connectivity index (χ1n) is 5.12. The number of guanidine groups is 1. The molecule has 0 bridgehead atoms. The standard InChI is InChI=1S/C9H20N4O/c1-3-11-9(13-10)12-7-5-4-6-8(7)14-2/h7-8H,3-6,10H2,1-2H3,(H2,11,12,13). The molecule has 0 heterocycles. The zero-order chi connectivity index (χ0) is 10.4. The number of hydrogen-bond donors (Lipinski definition) is 3. The molecule has 0 radical (unpaired) electrons. The van der Waals surface area contributed by atoms with E-state index in [9.17, 15) is 0 Å². The smallest absolute Gasteiger partial charge is 0.206 e. The lowest BCUT2D eigenvalue weighted by Crippen LogP contribution is -2.49. The summed E-state index contributed by atoms with van der Waals surface area (Å²) in [5, 5.41) is 3.26. The average molecular weight is 200 g/mol. The highest BCUT2D eigenvalue weighted by molar-refractivity contribution is 5.79. The summed E-state index contributed by atoms with van der Waals surface area (Å²) in [7, 11) is 1.75. The van der Waals surface area contributed by atoms with E-state index in [4.69, 9.17) is 10.6 Å². The Labute approximate surface area is 85.1 Å². The number of hydrogen-bond acceptors (Lipinski definition) is 3. The van der Waals surface area contributed by atoms with Gasteiger partial charge in [0.1, 0.15) is 0 Å². The maximum Gasteiger partial charge on any atom is 0.206 e. The maximum atomic E-state index is 5.36. The highest BCUT2D eigenvalue weighted by atomic mass is 16.5. The van der Waals surface area contributed by atoms with E-state index in [1.54, 1.807) is 7.11 Å². The Morgan fingerprint density at radius 3 is 2.93 bits per heavy atom. The van der Waals surface area contributed by atoms with E-state index < -0.39 is 0 Å². The van der Waals surface area contributed by atoms with Gasteiger partial charge in [0.05, 0.1) is 12.1 Å². The molecule has 0 aromatic carbocycles. The van der Waals surface area contributed by atoms with Gasteiger partial charge in [0.2, 0.25) is 5.96 Å². The minimum absolute atomic E-state index is 0.283. The minimum Gasteiger partial charge on any atom is -0.379 e. The van der Waals surface area contributed by atoms with Crippen LogP contribution in [0.4, 0.5) is 0 Å². The Hall–Kier alpha value is -0.810. The van der Waals surface area contributed by atoms with Crippen molar-refractivity contribution in [3.63, 3.8) is 0 Å². The van der Waals surface area contributed by atoms with Gasteiger partial charge in [0.15, 0.2) is 0 Å². The normalized spacial score (nSPS) is 27.8. The highest BCUT2D eigenvalue weighted by Gasteiger charge is 2.27. The lowest BCUT2D eigenvalue weighted by molar-refractivity contribution is 0.0905. The molecule has 14 heavy (non-hydrogen) atoms. The molecule has 0 amide bonds. The van der Waals surface area contributed by atoms with Gasteiger partial charge < -0.3 is 10.1 Å². The molecule has 2 atom stereocenters. The number of nitrogens with one attached hydrogen (secondary N) is 2. The molecule has 82 valence electrons. The molecule has 1 aliphatic rings. The fourth-order valence-corrected chi connectivity index (χ4v) is 1.84. The van der Waals surface area contributed by atoms with E-state index in [0.717, 1.165) is 19.4 Å². The first kappa shape index (κ1) is 11.3. The first-order chi connectivity index (χ1) is 6.81. The van der Waals surface area contributed by atoms with Gasteiger partial charge in [0.25, 0.3) is 0 Å². The first-order valence-corrected chi connectivity index (χ1v) is 5.12. The third-order valence-electron chi connectivity index (χ3n) is 2.53. The van der Waals surface area contributed by atoms with E-state index in [0.29, 0.717) is 12.0 Å². The topological polar surface area (TPSA) is 71.7 Å². The molecule has 0 saturated heterocycles. The molecule has 0 aromatic rings. The van der Waals surface area contributed by atoms with E-state index >= 15 is 0 Å². The van der Waals surface area contributed by atoms with E-state index in [1.807, 2.05) is 6.92 Å². The number of nitrogens with two attached hydrogens (primary N) is 1. The molecule has 2 unspecified atom stereocenters.